The highest BCUT2D eigenvalue weighted by Gasteiger charge is 2.20. The Hall–Kier alpha value is -4.33. The first-order valence-electron chi connectivity index (χ1n) is 9.99. The van der Waals surface area contributed by atoms with Gasteiger partial charge < -0.3 is 4.74 Å². The van der Waals surface area contributed by atoms with E-state index in [0.29, 0.717) is 28.1 Å². The van der Waals surface area contributed by atoms with Gasteiger partial charge in [-0.2, -0.15) is 0 Å². The second-order valence-corrected chi connectivity index (χ2v) is 7.05. The van der Waals surface area contributed by atoms with Crippen LogP contribution in [0, 0.1) is 10.1 Å². The maximum Gasteiger partial charge on any atom is 0.310 e. The quantitative estimate of drug-likeness (QED) is 0.237. The Balaban J connectivity index is 1.69. The van der Waals surface area contributed by atoms with E-state index in [0.717, 1.165) is 5.56 Å². The minimum atomic E-state index is -0.438. The van der Waals surface area contributed by atoms with Crippen LogP contribution >= 0.6 is 0 Å². The van der Waals surface area contributed by atoms with Crippen LogP contribution in [0.2, 0.25) is 0 Å². The first kappa shape index (κ1) is 20.9. The first-order valence-corrected chi connectivity index (χ1v) is 9.99. The Labute approximate surface area is 184 Å². The minimum absolute atomic E-state index is 0.0144. The number of hydrogen-bond acceptors (Lipinski definition) is 6. The number of carbonyl (C=O) groups is 1. The molecule has 0 fully saturated rings. The summed E-state index contributed by atoms with van der Waals surface area (Å²) in [6.07, 6.45) is 5.10. The van der Waals surface area contributed by atoms with Crippen LogP contribution in [0.5, 0.6) is 0 Å². The molecule has 2 heterocycles. The van der Waals surface area contributed by atoms with Gasteiger partial charge in [0.1, 0.15) is 6.61 Å². The third-order valence-electron chi connectivity index (χ3n) is 5.00. The third-order valence-corrected chi connectivity index (χ3v) is 5.00. The molecule has 0 spiro atoms. The Bertz CT molecular complexity index is 1300. The summed E-state index contributed by atoms with van der Waals surface area (Å²) in [5, 5.41) is 11.9. The molecule has 0 N–H and O–H groups in total. The summed E-state index contributed by atoms with van der Waals surface area (Å²) < 4.78 is 7.23. The van der Waals surface area contributed by atoms with Crippen molar-refractivity contribution in [2.24, 2.45) is 0 Å². The van der Waals surface area contributed by atoms with Gasteiger partial charge >= 0.3 is 5.97 Å². The van der Waals surface area contributed by atoms with Gasteiger partial charge in [-0.15, -0.1) is 0 Å². The number of rotatable bonds is 7. The Kier molecular flexibility index (Phi) is 6.03. The molecule has 0 aliphatic carbocycles. The molecule has 0 radical (unpaired) electrons. The molecule has 4 rings (SSSR count). The lowest BCUT2D eigenvalue weighted by Gasteiger charge is -2.12. The number of allylic oxidation sites excluding steroid dienone is 1. The van der Waals surface area contributed by atoms with Gasteiger partial charge in [-0.25, -0.2) is 9.97 Å². The van der Waals surface area contributed by atoms with Crippen LogP contribution in [0.3, 0.4) is 0 Å². The number of carbonyl (C=O) groups excluding carboxylic acids is 1. The highest BCUT2D eigenvalue weighted by molar-refractivity contribution is 5.92. The summed E-state index contributed by atoms with van der Waals surface area (Å²) in [5.41, 5.74) is 2.97. The number of nitrogens with zero attached hydrogens (tertiary/aromatic N) is 4. The number of benzene rings is 2. The number of aromatic nitrogens is 3. The molecular weight excluding hydrogens is 408 g/mol. The van der Waals surface area contributed by atoms with Crippen molar-refractivity contribution in [1.82, 2.24) is 14.5 Å². The van der Waals surface area contributed by atoms with Crippen LogP contribution in [0.15, 0.2) is 79.1 Å². The molecule has 0 amide bonds. The van der Waals surface area contributed by atoms with Gasteiger partial charge in [-0.1, -0.05) is 36.4 Å². The number of ether oxygens (including phenoxy) is 1. The Morgan fingerprint density at radius 2 is 1.84 bits per heavy atom. The molecule has 0 aliphatic heterocycles. The van der Waals surface area contributed by atoms with Crippen molar-refractivity contribution < 1.29 is 14.5 Å². The molecule has 4 aromatic rings. The normalized spacial score (nSPS) is 11.5. The summed E-state index contributed by atoms with van der Waals surface area (Å²) in [7, 11) is 0. The van der Waals surface area contributed by atoms with E-state index in [-0.39, 0.29) is 24.7 Å². The number of nitro groups is 1. The van der Waals surface area contributed by atoms with Crippen molar-refractivity contribution in [3.05, 3.63) is 101 Å². The average Bonchev–Trinajstić information content (AvgIpc) is 3.21. The van der Waals surface area contributed by atoms with Crippen LogP contribution in [0.25, 0.3) is 22.4 Å². The van der Waals surface area contributed by atoms with Crippen molar-refractivity contribution in [3.8, 4) is 5.95 Å². The number of non-ortho nitro benzene ring substituents is 1. The van der Waals surface area contributed by atoms with E-state index >= 15 is 0 Å². The molecule has 2 aromatic heterocycles. The van der Waals surface area contributed by atoms with Crippen molar-refractivity contribution >= 4 is 28.1 Å². The number of nitro benzene ring substituents is 1. The largest absolute Gasteiger partial charge is 0.461 e. The van der Waals surface area contributed by atoms with Gasteiger partial charge in [0, 0.05) is 29.9 Å². The SMILES string of the molecule is C/C=C(\CC(=O)OCc1ccccc1)c1cc2cc([N+](=O)[O-])ccc2n1-c1ncccn1. The molecule has 160 valence electrons. The molecule has 0 saturated heterocycles. The molecular formula is C24H20N4O4. The fraction of sp³-hybridized carbons (Fsp3) is 0.125. The van der Waals surface area contributed by atoms with Crippen molar-refractivity contribution in [2.45, 2.75) is 20.0 Å². The zero-order valence-corrected chi connectivity index (χ0v) is 17.3. The van der Waals surface area contributed by atoms with E-state index in [1.807, 2.05) is 43.3 Å². The molecule has 0 saturated carbocycles. The van der Waals surface area contributed by atoms with Crippen molar-refractivity contribution in [1.29, 1.82) is 0 Å². The second-order valence-electron chi connectivity index (χ2n) is 7.05. The summed E-state index contributed by atoms with van der Waals surface area (Å²) in [4.78, 5) is 32.0. The first-order chi connectivity index (χ1) is 15.6. The summed E-state index contributed by atoms with van der Waals surface area (Å²) in [5.74, 6) is 0.0297. The second kappa shape index (κ2) is 9.22. The smallest absolute Gasteiger partial charge is 0.310 e. The Morgan fingerprint density at radius 3 is 2.53 bits per heavy atom. The van der Waals surface area contributed by atoms with Gasteiger partial charge in [-0.3, -0.25) is 19.5 Å². The van der Waals surface area contributed by atoms with E-state index < -0.39 is 4.92 Å². The lowest BCUT2D eigenvalue weighted by Crippen LogP contribution is -2.09. The van der Waals surface area contributed by atoms with Gasteiger partial charge in [0.25, 0.3) is 5.69 Å². The zero-order valence-electron chi connectivity index (χ0n) is 17.3. The van der Waals surface area contributed by atoms with Crippen LogP contribution in [-0.2, 0) is 16.1 Å². The standard InChI is InChI=1S/C24H20N4O4/c1-2-18(15-23(29)32-16-17-7-4-3-5-8-17)22-14-19-13-20(28(30)31)9-10-21(19)27(22)24-25-11-6-12-26-24/h2-14H,15-16H2,1H3/b18-2+. The highest BCUT2D eigenvalue weighted by atomic mass is 16.6. The van der Waals surface area contributed by atoms with Gasteiger partial charge in [0.05, 0.1) is 22.6 Å². The van der Waals surface area contributed by atoms with Crippen LogP contribution < -0.4 is 0 Å². The third kappa shape index (κ3) is 4.39. The minimum Gasteiger partial charge on any atom is -0.461 e. The topological polar surface area (TPSA) is 100 Å². The number of esters is 1. The lowest BCUT2D eigenvalue weighted by molar-refractivity contribution is -0.384. The van der Waals surface area contributed by atoms with Gasteiger partial charge in [0.15, 0.2) is 0 Å². The fourth-order valence-electron chi connectivity index (χ4n) is 3.46. The molecule has 0 bridgehead atoms. The number of hydrogen-bond donors (Lipinski definition) is 0. The van der Waals surface area contributed by atoms with E-state index in [4.69, 9.17) is 4.74 Å². The number of fused-ring (bicyclic) bond motifs is 1. The van der Waals surface area contributed by atoms with E-state index in [9.17, 15) is 14.9 Å². The van der Waals surface area contributed by atoms with E-state index in [1.165, 1.54) is 12.1 Å². The summed E-state index contributed by atoms with van der Waals surface area (Å²) >= 11 is 0. The molecule has 32 heavy (non-hydrogen) atoms. The Morgan fingerprint density at radius 1 is 1.09 bits per heavy atom. The van der Waals surface area contributed by atoms with Crippen LogP contribution in [0.4, 0.5) is 5.69 Å². The van der Waals surface area contributed by atoms with Crippen molar-refractivity contribution in [2.75, 3.05) is 0 Å². The lowest BCUT2D eigenvalue weighted by atomic mass is 10.1. The van der Waals surface area contributed by atoms with Crippen LogP contribution in [-0.4, -0.2) is 25.4 Å². The van der Waals surface area contributed by atoms with E-state index in [1.54, 1.807) is 35.2 Å². The zero-order chi connectivity index (χ0) is 22.5. The molecule has 8 heteroatoms. The van der Waals surface area contributed by atoms with Crippen molar-refractivity contribution in [3.63, 3.8) is 0 Å². The highest BCUT2D eigenvalue weighted by Crippen LogP contribution is 2.31. The van der Waals surface area contributed by atoms with Gasteiger partial charge in [0.2, 0.25) is 5.95 Å². The van der Waals surface area contributed by atoms with E-state index in [2.05, 4.69) is 9.97 Å². The molecule has 2 aromatic carbocycles. The predicted molar refractivity (Wildman–Crippen MR) is 120 cm³/mol. The monoisotopic (exact) mass is 428 g/mol. The molecule has 0 atom stereocenters. The van der Waals surface area contributed by atoms with Gasteiger partial charge in [-0.05, 0) is 36.3 Å². The fourth-order valence-corrected chi connectivity index (χ4v) is 3.46. The average molecular weight is 428 g/mol. The molecule has 8 nitrogen and oxygen atoms in total. The maximum atomic E-state index is 12.6. The predicted octanol–water partition coefficient (Wildman–Crippen LogP) is 4.87. The van der Waals surface area contributed by atoms with Crippen LogP contribution in [0.1, 0.15) is 24.6 Å². The molecule has 0 aliphatic rings. The molecule has 0 unspecified atom stereocenters. The maximum absolute atomic E-state index is 12.6. The summed E-state index contributed by atoms with van der Waals surface area (Å²) in [6, 6.07) is 17.6. The summed E-state index contributed by atoms with van der Waals surface area (Å²) in [6.45, 7) is 2.02.